The fourth-order valence-electron chi connectivity index (χ4n) is 2.38. The van der Waals surface area contributed by atoms with Crippen LogP contribution in [-0.2, 0) is 12.8 Å². The summed E-state index contributed by atoms with van der Waals surface area (Å²) in [4.78, 5) is 0. The molecule has 0 aromatic heterocycles. The first kappa shape index (κ1) is 15.2. The Balaban J connectivity index is 0.000000415. The highest BCUT2D eigenvalue weighted by Crippen LogP contribution is 2.30. The van der Waals surface area contributed by atoms with Crippen molar-refractivity contribution in [1.82, 2.24) is 0 Å². The van der Waals surface area contributed by atoms with Gasteiger partial charge < -0.3 is 0 Å². The van der Waals surface area contributed by atoms with Crippen LogP contribution >= 0.6 is 0 Å². The molecule has 0 aliphatic heterocycles. The first-order valence-electron chi connectivity index (χ1n) is 7.05. The Labute approximate surface area is 117 Å². The predicted octanol–water partition coefficient (Wildman–Crippen LogP) is 5.43. The highest BCUT2D eigenvalue weighted by atomic mass is 14.2. The fourth-order valence-corrected chi connectivity index (χ4v) is 2.38. The van der Waals surface area contributed by atoms with Gasteiger partial charge in [-0.2, -0.15) is 0 Å². The highest BCUT2D eigenvalue weighted by Gasteiger charge is 2.16. The first-order valence-corrected chi connectivity index (χ1v) is 7.05. The Morgan fingerprint density at radius 1 is 0.895 bits per heavy atom. The molecule has 2 aliphatic rings. The van der Waals surface area contributed by atoms with Crippen LogP contribution in [0.4, 0.5) is 0 Å². The number of allylic oxidation sites excluding steroid dienone is 6. The molecule has 0 N–H and O–H groups in total. The van der Waals surface area contributed by atoms with Gasteiger partial charge in [0.05, 0.1) is 0 Å². The SMILES string of the molecule is C1=CCC=C2Cc3ccccc3CC2=C1.C=C.CC. The van der Waals surface area contributed by atoms with Crippen LogP contribution in [0.2, 0.25) is 0 Å². The van der Waals surface area contributed by atoms with E-state index < -0.39 is 0 Å². The van der Waals surface area contributed by atoms with Crippen molar-refractivity contribution in [2.45, 2.75) is 33.1 Å². The molecule has 0 heteroatoms. The lowest BCUT2D eigenvalue weighted by Crippen LogP contribution is -2.08. The molecule has 1 aromatic rings. The third kappa shape index (κ3) is 3.82. The summed E-state index contributed by atoms with van der Waals surface area (Å²) < 4.78 is 0. The summed E-state index contributed by atoms with van der Waals surface area (Å²) >= 11 is 0. The molecule has 0 spiro atoms. The Bertz CT molecular complexity index is 487. The van der Waals surface area contributed by atoms with Crippen LogP contribution in [-0.4, -0.2) is 0 Å². The molecule has 0 amide bonds. The van der Waals surface area contributed by atoms with Gasteiger partial charge in [-0.1, -0.05) is 62.4 Å². The maximum Gasteiger partial charge on any atom is -0.00202 e. The van der Waals surface area contributed by atoms with Crippen molar-refractivity contribution in [3.05, 3.63) is 84.0 Å². The Hall–Kier alpha value is -1.82. The third-order valence-electron chi connectivity index (χ3n) is 3.23. The van der Waals surface area contributed by atoms with Crippen LogP contribution in [0, 0.1) is 0 Å². The number of benzene rings is 1. The molecule has 0 radical (unpaired) electrons. The molecule has 0 nitrogen and oxygen atoms in total. The van der Waals surface area contributed by atoms with Gasteiger partial charge in [0, 0.05) is 0 Å². The van der Waals surface area contributed by atoms with Crippen LogP contribution in [0.25, 0.3) is 0 Å². The van der Waals surface area contributed by atoms with Crippen LogP contribution < -0.4 is 0 Å². The summed E-state index contributed by atoms with van der Waals surface area (Å²) in [6, 6.07) is 8.79. The van der Waals surface area contributed by atoms with E-state index in [1.807, 2.05) is 13.8 Å². The summed E-state index contributed by atoms with van der Waals surface area (Å²) in [5.41, 5.74) is 6.03. The lowest BCUT2D eigenvalue weighted by atomic mass is 9.84. The van der Waals surface area contributed by atoms with Gasteiger partial charge in [-0.25, -0.2) is 0 Å². The van der Waals surface area contributed by atoms with E-state index in [1.165, 1.54) is 22.3 Å². The summed E-state index contributed by atoms with van der Waals surface area (Å²) in [5.74, 6) is 0. The van der Waals surface area contributed by atoms with E-state index in [1.54, 1.807) is 0 Å². The largest absolute Gasteiger partial charge is 0.106 e. The van der Waals surface area contributed by atoms with Gasteiger partial charge >= 0.3 is 0 Å². The molecule has 0 fully saturated rings. The third-order valence-corrected chi connectivity index (χ3v) is 3.23. The Kier molecular flexibility index (Phi) is 6.67. The van der Waals surface area contributed by atoms with E-state index in [9.17, 15) is 0 Å². The first-order chi connectivity index (χ1) is 9.43. The molecule has 0 bridgehead atoms. The van der Waals surface area contributed by atoms with E-state index in [0.717, 1.165) is 19.3 Å². The molecule has 100 valence electrons. The summed E-state index contributed by atoms with van der Waals surface area (Å²) in [5, 5.41) is 0. The van der Waals surface area contributed by atoms with E-state index in [0.29, 0.717) is 0 Å². The summed E-state index contributed by atoms with van der Waals surface area (Å²) in [6.07, 6.45) is 12.4. The number of fused-ring (bicyclic) bond motifs is 2. The van der Waals surface area contributed by atoms with Gasteiger partial charge in [0.1, 0.15) is 0 Å². The van der Waals surface area contributed by atoms with Crippen LogP contribution in [0.5, 0.6) is 0 Å². The lowest BCUT2D eigenvalue weighted by Gasteiger charge is -2.21. The highest BCUT2D eigenvalue weighted by molar-refractivity contribution is 5.49. The second-order valence-electron chi connectivity index (χ2n) is 4.21. The maximum atomic E-state index is 3.00. The topological polar surface area (TPSA) is 0 Å². The van der Waals surface area contributed by atoms with Crippen molar-refractivity contribution < 1.29 is 0 Å². The number of rotatable bonds is 0. The lowest BCUT2D eigenvalue weighted by molar-refractivity contribution is 0.978. The van der Waals surface area contributed by atoms with Gasteiger partial charge in [0.25, 0.3) is 0 Å². The number of hydrogen-bond donors (Lipinski definition) is 0. The minimum absolute atomic E-state index is 1.08. The summed E-state index contributed by atoms with van der Waals surface area (Å²) in [6.45, 7) is 10.0. The van der Waals surface area contributed by atoms with Crippen LogP contribution in [0.1, 0.15) is 31.4 Å². The van der Waals surface area contributed by atoms with Gasteiger partial charge in [0.2, 0.25) is 0 Å². The average Bonchev–Trinajstić information content (AvgIpc) is 2.74. The molecule has 0 unspecified atom stereocenters. The summed E-state index contributed by atoms with van der Waals surface area (Å²) in [7, 11) is 0. The van der Waals surface area contributed by atoms with E-state index in [-0.39, 0.29) is 0 Å². The smallest absolute Gasteiger partial charge is 0.00202 e. The quantitative estimate of drug-likeness (QED) is 0.540. The zero-order valence-corrected chi connectivity index (χ0v) is 12.2. The van der Waals surface area contributed by atoms with Crippen LogP contribution in [0.3, 0.4) is 0 Å². The predicted molar refractivity (Wildman–Crippen MR) is 86.4 cm³/mol. The monoisotopic (exact) mass is 252 g/mol. The van der Waals surface area contributed by atoms with E-state index in [2.05, 4.69) is 61.7 Å². The van der Waals surface area contributed by atoms with Gasteiger partial charge in [-0.3, -0.25) is 0 Å². The molecule has 1 aromatic carbocycles. The minimum Gasteiger partial charge on any atom is -0.106 e. The second kappa shape index (κ2) is 8.31. The van der Waals surface area contributed by atoms with Crippen molar-refractivity contribution in [1.29, 1.82) is 0 Å². The molecule has 0 atom stereocenters. The average molecular weight is 252 g/mol. The molecule has 2 aliphatic carbocycles. The number of hydrogen-bond acceptors (Lipinski definition) is 0. The standard InChI is InChI=1S/C15H14.C2H6.C2H4/c1-2-6-12-10-14-8-4-5-9-15(14)11-13(12)7-3-1;2*1-2/h1-2,4-9H,3,10-11H2;1-2H3;1-2H2. The molecule has 19 heavy (non-hydrogen) atoms. The molecular weight excluding hydrogens is 228 g/mol. The molecule has 0 saturated heterocycles. The minimum atomic E-state index is 1.08. The molecular formula is C19H24. The van der Waals surface area contributed by atoms with Gasteiger partial charge in [0.15, 0.2) is 0 Å². The zero-order valence-electron chi connectivity index (χ0n) is 12.2. The van der Waals surface area contributed by atoms with Gasteiger partial charge in [-0.15, -0.1) is 13.2 Å². The van der Waals surface area contributed by atoms with E-state index in [4.69, 9.17) is 0 Å². The normalized spacial score (nSPS) is 15.1. The van der Waals surface area contributed by atoms with Crippen molar-refractivity contribution in [3.63, 3.8) is 0 Å². The molecule has 0 saturated carbocycles. The zero-order chi connectivity index (χ0) is 14.1. The maximum absolute atomic E-state index is 3.00. The van der Waals surface area contributed by atoms with Crippen LogP contribution in [0.15, 0.2) is 72.9 Å². The van der Waals surface area contributed by atoms with Crippen molar-refractivity contribution in [3.8, 4) is 0 Å². The van der Waals surface area contributed by atoms with Crippen molar-refractivity contribution in [2.24, 2.45) is 0 Å². The van der Waals surface area contributed by atoms with Gasteiger partial charge in [-0.05, 0) is 41.5 Å². The Morgan fingerprint density at radius 3 is 2.11 bits per heavy atom. The van der Waals surface area contributed by atoms with Crippen molar-refractivity contribution in [2.75, 3.05) is 0 Å². The molecule has 0 heterocycles. The second-order valence-corrected chi connectivity index (χ2v) is 4.21. The molecule has 3 rings (SSSR count). The van der Waals surface area contributed by atoms with E-state index >= 15 is 0 Å². The Morgan fingerprint density at radius 2 is 1.47 bits per heavy atom. The fraction of sp³-hybridized carbons (Fsp3) is 0.263. The van der Waals surface area contributed by atoms with Crippen molar-refractivity contribution >= 4 is 0 Å².